The molecule has 0 bridgehead atoms. The van der Waals surface area contributed by atoms with Crippen LogP contribution in [0.15, 0.2) is 28.7 Å². The smallest absolute Gasteiger partial charge is 0.0177 e. The molecular formula is C10H14BrN. The van der Waals surface area contributed by atoms with Crippen molar-refractivity contribution in [3.8, 4) is 0 Å². The summed E-state index contributed by atoms with van der Waals surface area (Å²) in [5.74, 6) is 0.569. The van der Waals surface area contributed by atoms with E-state index < -0.39 is 0 Å². The van der Waals surface area contributed by atoms with Crippen molar-refractivity contribution in [3.63, 3.8) is 0 Å². The van der Waals surface area contributed by atoms with Gasteiger partial charge in [0.25, 0.3) is 0 Å². The van der Waals surface area contributed by atoms with Gasteiger partial charge in [-0.3, -0.25) is 0 Å². The molecule has 0 saturated heterocycles. The summed E-state index contributed by atoms with van der Waals surface area (Å²) in [5, 5.41) is 0. The van der Waals surface area contributed by atoms with Crippen molar-refractivity contribution >= 4 is 15.9 Å². The summed E-state index contributed by atoms with van der Waals surface area (Å²) >= 11 is 3.44. The predicted octanol–water partition coefficient (Wildman–Crippen LogP) is 2.59. The van der Waals surface area contributed by atoms with Crippen LogP contribution in [0.2, 0.25) is 0 Å². The average Bonchev–Trinajstić information content (AvgIpc) is 2.04. The summed E-state index contributed by atoms with van der Waals surface area (Å²) in [5.41, 5.74) is 6.90. The van der Waals surface area contributed by atoms with E-state index in [4.69, 9.17) is 5.73 Å². The Morgan fingerprint density at radius 2 is 2.25 bits per heavy atom. The van der Waals surface area contributed by atoms with Crippen LogP contribution in [0.25, 0.3) is 0 Å². The summed E-state index contributed by atoms with van der Waals surface area (Å²) in [4.78, 5) is 0. The van der Waals surface area contributed by atoms with Crippen molar-refractivity contribution in [2.24, 2.45) is 11.7 Å². The molecule has 0 spiro atoms. The maximum absolute atomic E-state index is 5.55. The summed E-state index contributed by atoms with van der Waals surface area (Å²) in [6.07, 6.45) is 1.07. The zero-order valence-electron chi connectivity index (χ0n) is 7.26. The highest BCUT2D eigenvalue weighted by molar-refractivity contribution is 9.10. The van der Waals surface area contributed by atoms with E-state index in [0.717, 1.165) is 17.4 Å². The van der Waals surface area contributed by atoms with E-state index in [1.807, 2.05) is 6.07 Å². The molecule has 0 heterocycles. The molecule has 2 N–H and O–H groups in total. The Morgan fingerprint density at radius 3 is 2.83 bits per heavy atom. The van der Waals surface area contributed by atoms with Crippen molar-refractivity contribution < 1.29 is 0 Å². The largest absolute Gasteiger partial charge is 0.330 e. The van der Waals surface area contributed by atoms with Gasteiger partial charge in [-0.05, 0) is 36.6 Å². The molecule has 0 aliphatic carbocycles. The molecule has 0 fully saturated rings. The second-order valence-electron chi connectivity index (χ2n) is 3.17. The predicted molar refractivity (Wildman–Crippen MR) is 56.1 cm³/mol. The Balaban J connectivity index is 2.63. The zero-order chi connectivity index (χ0) is 8.97. The van der Waals surface area contributed by atoms with Gasteiger partial charge in [-0.2, -0.15) is 0 Å². The average molecular weight is 228 g/mol. The van der Waals surface area contributed by atoms with Gasteiger partial charge in [0.2, 0.25) is 0 Å². The number of rotatable bonds is 3. The molecule has 0 aliphatic heterocycles. The molecule has 0 unspecified atom stereocenters. The number of halogens is 1. The van der Waals surface area contributed by atoms with E-state index in [-0.39, 0.29) is 0 Å². The SMILES string of the molecule is C[C@H](CN)Cc1cccc(Br)c1. The summed E-state index contributed by atoms with van der Waals surface area (Å²) in [6, 6.07) is 8.38. The molecule has 1 atom stereocenters. The topological polar surface area (TPSA) is 26.0 Å². The van der Waals surface area contributed by atoms with Gasteiger partial charge >= 0.3 is 0 Å². The quantitative estimate of drug-likeness (QED) is 0.845. The Labute approximate surface area is 82.1 Å². The van der Waals surface area contributed by atoms with Gasteiger partial charge in [0.15, 0.2) is 0 Å². The summed E-state index contributed by atoms with van der Waals surface area (Å²) in [7, 11) is 0. The van der Waals surface area contributed by atoms with Crippen LogP contribution in [-0.2, 0) is 6.42 Å². The van der Waals surface area contributed by atoms with E-state index in [2.05, 4.69) is 41.1 Å². The first-order valence-corrected chi connectivity index (χ1v) is 4.96. The normalized spacial score (nSPS) is 12.9. The third-order valence-corrected chi connectivity index (χ3v) is 2.37. The monoisotopic (exact) mass is 227 g/mol. The Bertz CT molecular complexity index is 247. The highest BCUT2D eigenvalue weighted by atomic mass is 79.9. The van der Waals surface area contributed by atoms with E-state index in [9.17, 15) is 0 Å². The first-order valence-electron chi connectivity index (χ1n) is 4.17. The van der Waals surface area contributed by atoms with Gasteiger partial charge in [-0.25, -0.2) is 0 Å². The molecule has 0 amide bonds. The maximum atomic E-state index is 5.55. The van der Waals surface area contributed by atoms with Crippen molar-refractivity contribution in [2.45, 2.75) is 13.3 Å². The van der Waals surface area contributed by atoms with Crippen LogP contribution in [0.3, 0.4) is 0 Å². The minimum atomic E-state index is 0.569. The Hall–Kier alpha value is -0.340. The fourth-order valence-corrected chi connectivity index (χ4v) is 1.60. The minimum Gasteiger partial charge on any atom is -0.330 e. The molecule has 66 valence electrons. The van der Waals surface area contributed by atoms with Crippen LogP contribution in [0, 0.1) is 5.92 Å². The van der Waals surface area contributed by atoms with Gasteiger partial charge in [-0.1, -0.05) is 35.0 Å². The molecular weight excluding hydrogens is 214 g/mol. The van der Waals surface area contributed by atoms with E-state index >= 15 is 0 Å². The molecule has 0 saturated carbocycles. The molecule has 1 aromatic carbocycles. The first-order chi connectivity index (χ1) is 5.72. The first kappa shape index (κ1) is 9.75. The zero-order valence-corrected chi connectivity index (χ0v) is 8.84. The van der Waals surface area contributed by atoms with Gasteiger partial charge in [-0.15, -0.1) is 0 Å². The lowest BCUT2D eigenvalue weighted by atomic mass is 10.0. The minimum absolute atomic E-state index is 0.569. The highest BCUT2D eigenvalue weighted by Crippen LogP contribution is 2.14. The number of benzene rings is 1. The lowest BCUT2D eigenvalue weighted by Gasteiger charge is -2.07. The molecule has 0 aromatic heterocycles. The van der Waals surface area contributed by atoms with E-state index in [0.29, 0.717) is 5.92 Å². The van der Waals surface area contributed by atoms with Crippen LogP contribution < -0.4 is 5.73 Å². The molecule has 1 rings (SSSR count). The van der Waals surface area contributed by atoms with Gasteiger partial charge < -0.3 is 5.73 Å². The van der Waals surface area contributed by atoms with Crippen LogP contribution in [-0.4, -0.2) is 6.54 Å². The molecule has 1 nitrogen and oxygen atoms in total. The lowest BCUT2D eigenvalue weighted by Crippen LogP contribution is -2.12. The van der Waals surface area contributed by atoms with Crippen LogP contribution >= 0.6 is 15.9 Å². The van der Waals surface area contributed by atoms with Gasteiger partial charge in [0, 0.05) is 4.47 Å². The number of hydrogen-bond donors (Lipinski definition) is 1. The van der Waals surface area contributed by atoms with Crippen molar-refractivity contribution in [2.75, 3.05) is 6.54 Å². The Kier molecular flexibility index (Phi) is 3.76. The molecule has 1 aromatic rings. The van der Waals surface area contributed by atoms with Crippen molar-refractivity contribution in [3.05, 3.63) is 34.3 Å². The summed E-state index contributed by atoms with van der Waals surface area (Å²) < 4.78 is 1.14. The van der Waals surface area contributed by atoms with Crippen molar-refractivity contribution in [1.29, 1.82) is 0 Å². The van der Waals surface area contributed by atoms with E-state index in [1.165, 1.54) is 5.56 Å². The maximum Gasteiger partial charge on any atom is 0.0177 e. The molecule has 0 radical (unpaired) electrons. The van der Waals surface area contributed by atoms with Crippen LogP contribution in [0.4, 0.5) is 0 Å². The molecule has 2 heteroatoms. The standard InChI is InChI=1S/C10H14BrN/c1-8(7-12)5-9-3-2-4-10(11)6-9/h2-4,6,8H,5,7,12H2,1H3/t8-/m0/s1. The third kappa shape index (κ3) is 2.95. The van der Waals surface area contributed by atoms with E-state index in [1.54, 1.807) is 0 Å². The second-order valence-corrected chi connectivity index (χ2v) is 4.09. The lowest BCUT2D eigenvalue weighted by molar-refractivity contribution is 0.593. The third-order valence-electron chi connectivity index (χ3n) is 1.88. The van der Waals surface area contributed by atoms with Gasteiger partial charge in [0.05, 0.1) is 0 Å². The van der Waals surface area contributed by atoms with Crippen molar-refractivity contribution in [1.82, 2.24) is 0 Å². The number of hydrogen-bond acceptors (Lipinski definition) is 1. The van der Waals surface area contributed by atoms with Crippen LogP contribution in [0.1, 0.15) is 12.5 Å². The summed E-state index contributed by atoms with van der Waals surface area (Å²) in [6.45, 7) is 2.92. The van der Waals surface area contributed by atoms with Crippen LogP contribution in [0.5, 0.6) is 0 Å². The second kappa shape index (κ2) is 4.63. The van der Waals surface area contributed by atoms with Gasteiger partial charge in [0.1, 0.15) is 0 Å². The molecule has 0 aliphatic rings. The fraction of sp³-hybridized carbons (Fsp3) is 0.400. The Morgan fingerprint density at radius 1 is 1.50 bits per heavy atom. The highest BCUT2D eigenvalue weighted by Gasteiger charge is 2.00. The number of nitrogens with two attached hydrogens (primary N) is 1. The fourth-order valence-electron chi connectivity index (χ4n) is 1.15. The molecule has 12 heavy (non-hydrogen) atoms.